The van der Waals surface area contributed by atoms with E-state index in [9.17, 15) is 9.59 Å². The second kappa shape index (κ2) is 8.98. The molecule has 0 spiro atoms. The zero-order chi connectivity index (χ0) is 16.5. The number of hydrogen-bond donors (Lipinski definition) is 2. The molecule has 0 aromatic heterocycles. The lowest BCUT2D eigenvalue weighted by Crippen LogP contribution is -2.39. The van der Waals surface area contributed by atoms with Crippen LogP contribution in [-0.2, 0) is 0 Å². The van der Waals surface area contributed by atoms with Gasteiger partial charge in [-0.2, -0.15) is 0 Å². The molecular formula is C19H22N2O2. The van der Waals surface area contributed by atoms with Gasteiger partial charge in [-0.3, -0.25) is 9.59 Å². The topological polar surface area (TPSA) is 58.2 Å². The standard InChI is InChI=1S/C15H12O2.C4H10N2/c1-11(16)13-9-5-6-10-14(13)15(17)12-7-3-2-4-8-12;1-2-6-4-3-5-1/h2-10H,1H3;5-6H,1-4H2. The van der Waals surface area contributed by atoms with Gasteiger partial charge in [-0.1, -0.05) is 54.6 Å². The summed E-state index contributed by atoms with van der Waals surface area (Å²) >= 11 is 0. The molecule has 0 radical (unpaired) electrons. The van der Waals surface area contributed by atoms with Crippen molar-refractivity contribution in [1.82, 2.24) is 10.6 Å². The Labute approximate surface area is 136 Å². The monoisotopic (exact) mass is 310 g/mol. The van der Waals surface area contributed by atoms with Crippen molar-refractivity contribution in [2.75, 3.05) is 26.2 Å². The number of benzene rings is 2. The second-order valence-corrected chi connectivity index (χ2v) is 5.30. The number of carbonyl (C=O) groups is 2. The predicted molar refractivity (Wildman–Crippen MR) is 92.1 cm³/mol. The number of carbonyl (C=O) groups excluding carboxylic acids is 2. The van der Waals surface area contributed by atoms with Gasteiger partial charge in [-0.05, 0) is 6.92 Å². The minimum atomic E-state index is -0.114. The molecule has 1 heterocycles. The molecule has 1 aliphatic heterocycles. The molecule has 0 unspecified atom stereocenters. The summed E-state index contributed by atoms with van der Waals surface area (Å²) in [5.74, 6) is -0.207. The maximum absolute atomic E-state index is 12.2. The second-order valence-electron chi connectivity index (χ2n) is 5.30. The molecule has 2 aromatic rings. The SMILES string of the molecule is C1CNCCN1.CC(=O)c1ccccc1C(=O)c1ccccc1. The Bertz CT molecular complexity index is 638. The molecule has 4 heteroatoms. The van der Waals surface area contributed by atoms with Crippen molar-refractivity contribution in [3.05, 3.63) is 71.3 Å². The Morgan fingerprint density at radius 1 is 0.739 bits per heavy atom. The fourth-order valence-corrected chi connectivity index (χ4v) is 2.34. The highest BCUT2D eigenvalue weighted by Gasteiger charge is 2.14. The highest BCUT2D eigenvalue weighted by atomic mass is 16.1. The first-order valence-corrected chi connectivity index (χ1v) is 7.81. The molecule has 3 rings (SSSR count). The van der Waals surface area contributed by atoms with Gasteiger partial charge in [0.15, 0.2) is 11.6 Å². The first-order valence-electron chi connectivity index (χ1n) is 7.81. The van der Waals surface area contributed by atoms with Gasteiger partial charge < -0.3 is 10.6 Å². The first kappa shape index (κ1) is 17.1. The smallest absolute Gasteiger partial charge is 0.193 e. The third-order valence-electron chi connectivity index (χ3n) is 3.54. The zero-order valence-electron chi connectivity index (χ0n) is 13.3. The molecule has 2 aromatic carbocycles. The van der Waals surface area contributed by atoms with Crippen molar-refractivity contribution < 1.29 is 9.59 Å². The first-order chi connectivity index (χ1) is 11.2. The van der Waals surface area contributed by atoms with Gasteiger partial charge in [0.2, 0.25) is 0 Å². The molecule has 0 bridgehead atoms. The van der Waals surface area contributed by atoms with E-state index in [4.69, 9.17) is 0 Å². The van der Waals surface area contributed by atoms with E-state index in [1.807, 2.05) is 18.2 Å². The molecular weight excluding hydrogens is 288 g/mol. The lowest BCUT2D eigenvalue weighted by molar-refractivity contribution is 0.0990. The van der Waals surface area contributed by atoms with Crippen LogP contribution in [0.5, 0.6) is 0 Å². The van der Waals surface area contributed by atoms with E-state index in [0.29, 0.717) is 16.7 Å². The van der Waals surface area contributed by atoms with Crippen molar-refractivity contribution in [2.45, 2.75) is 6.92 Å². The number of piperazine rings is 1. The summed E-state index contributed by atoms with van der Waals surface area (Å²) < 4.78 is 0. The third-order valence-corrected chi connectivity index (χ3v) is 3.54. The summed E-state index contributed by atoms with van der Waals surface area (Å²) in [5.41, 5.74) is 1.54. The predicted octanol–water partition coefficient (Wildman–Crippen LogP) is 2.30. The summed E-state index contributed by atoms with van der Waals surface area (Å²) in [5, 5.41) is 6.44. The molecule has 4 nitrogen and oxygen atoms in total. The third kappa shape index (κ3) is 5.13. The number of ketones is 2. The lowest BCUT2D eigenvalue weighted by atomic mass is 9.97. The van der Waals surface area contributed by atoms with Gasteiger partial charge in [-0.15, -0.1) is 0 Å². The van der Waals surface area contributed by atoms with Crippen LogP contribution in [0.3, 0.4) is 0 Å². The van der Waals surface area contributed by atoms with Crippen LogP contribution in [0, 0.1) is 0 Å². The van der Waals surface area contributed by atoms with Crippen molar-refractivity contribution >= 4 is 11.6 Å². The van der Waals surface area contributed by atoms with E-state index in [1.54, 1.807) is 36.4 Å². The highest BCUT2D eigenvalue weighted by molar-refractivity contribution is 6.15. The Hall–Kier alpha value is -2.30. The zero-order valence-corrected chi connectivity index (χ0v) is 13.3. The minimum Gasteiger partial charge on any atom is -0.314 e. The fraction of sp³-hybridized carbons (Fsp3) is 0.263. The van der Waals surface area contributed by atoms with Crippen LogP contribution in [0.2, 0.25) is 0 Å². The van der Waals surface area contributed by atoms with Crippen LogP contribution in [0.4, 0.5) is 0 Å². The van der Waals surface area contributed by atoms with E-state index in [0.717, 1.165) is 26.2 Å². The quantitative estimate of drug-likeness (QED) is 0.854. The molecule has 0 atom stereocenters. The van der Waals surface area contributed by atoms with Crippen LogP contribution < -0.4 is 10.6 Å². The fourth-order valence-electron chi connectivity index (χ4n) is 2.34. The Morgan fingerprint density at radius 3 is 1.70 bits per heavy atom. The van der Waals surface area contributed by atoms with Crippen LogP contribution in [0.15, 0.2) is 54.6 Å². The van der Waals surface area contributed by atoms with Crippen LogP contribution in [0.1, 0.15) is 33.2 Å². The summed E-state index contributed by atoms with van der Waals surface area (Å²) in [7, 11) is 0. The highest BCUT2D eigenvalue weighted by Crippen LogP contribution is 2.15. The summed E-state index contributed by atoms with van der Waals surface area (Å²) in [6.07, 6.45) is 0. The molecule has 120 valence electrons. The Kier molecular flexibility index (Phi) is 6.66. The van der Waals surface area contributed by atoms with E-state index in [-0.39, 0.29) is 11.6 Å². The number of hydrogen-bond acceptors (Lipinski definition) is 4. The van der Waals surface area contributed by atoms with Gasteiger partial charge in [0.05, 0.1) is 0 Å². The van der Waals surface area contributed by atoms with E-state index < -0.39 is 0 Å². The van der Waals surface area contributed by atoms with Crippen molar-refractivity contribution in [2.24, 2.45) is 0 Å². The van der Waals surface area contributed by atoms with E-state index in [1.165, 1.54) is 6.92 Å². The molecule has 2 N–H and O–H groups in total. The molecule has 23 heavy (non-hydrogen) atoms. The molecule has 1 aliphatic rings. The summed E-state index contributed by atoms with van der Waals surface area (Å²) in [6.45, 7) is 6.02. The Balaban J connectivity index is 0.000000268. The molecule has 1 saturated heterocycles. The van der Waals surface area contributed by atoms with E-state index >= 15 is 0 Å². The number of nitrogens with one attached hydrogen (secondary N) is 2. The largest absolute Gasteiger partial charge is 0.314 e. The number of rotatable bonds is 3. The summed E-state index contributed by atoms with van der Waals surface area (Å²) in [6, 6.07) is 15.9. The van der Waals surface area contributed by atoms with Gasteiger partial charge in [0.25, 0.3) is 0 Å². The number of Topliss-reactive ketones (excluding diaryl/α,β-unsaturated/α-hetero) is 1. The maximum Gasteiger partial charge on any atom is 0.193 e. The average Bonchev–Trinajstić information content (AvgIpc) is 2.64. The molecule has 1 fully saturated rings. The van der Waals surface area contributed by atoms with Crippen molar-refractivity contribution in [3.63, 3.8) is 0 Å². The molecule has 0 saturated carbocycles. The van der Waals surface area contributed by atoms with Gasteiger partial charge >= 0.3 is 0 Å². The maximum atomic E-state index is 12.2. The summed E-state index contributed by atoms with van der Waals surface area (Å²) in [4.78, 5) is 23.7. The Morgan fingerprint density at radius 2 is 1.22 bits per heavy atom. The normalized spacial score (nSPS) is 13.6. The lowest BCUT2D eigenvalue weighted by Gasteiger charge is -2.11. The van der Waals surface area contributed by atoms with Crippen LogP contribution in [-0.4, -0.2) is 37.7 Å². The van der Waals surface area contributed by atoms with Crippen molar-refractivity contribution in [1.29, 1.82) is 0 Å². The van der Waals surface area contributed by atoms with Crippen LogP contribution in [0.25, 0.3) is 0 Å². The molecule has 0 amide bonds. The van der Waals surface area contributed by atoms with Crippen molar-refractivity contribution in [3.8, 4) is 0 Å². The molecule has 0 aliphatic carbocycles. The van der Waals surface area contributed by atoms with Gasteiger partial charge in [0.1, 0.15) is 0 Å². The minimum absolute atomic E-state index is 0.0927. The van der Waals surface area contributed by atoms with Gasteiger partial charge in [0, 0.05) is 42.9 Å². The van der Waals surface area contributed by atoms with E-state index in [2.05, 4.69) is 10.6 Å². The average molecular weight is 310 g/mol. The van der Waals surface area contributed by atoms with Gasteiger partial charge in [-0.25, -0.2) is 0 Å². The van der Waals surface area contributed by atoms with Crippen LogP contribution >= 0.6 is 0 Å².